The maximum Gasteiger partial charge on any atom is 0.254 e. The zero-order chi connectivity index (χ0) is 24.5. The second-order valence-corrected chi connectivity index (χ2v) is 9.23. The number of furan rings is 1. The number of aliphatic hydroxyl groups excluding tert-OH is 1. The highest BCUT2D eigenvalue weighted by Gasteiger charge is 2.54. The lowest BCUT2D eigenvalue weighted by molar-refractivity contribution is -0.123. The van der Waals surface area contributed by atoms with Gasteiger partial charge in [0.2, 0.25) is 5.91 Å². The zero-order valence-electron chi connectivity index (χ0n) is 19.7. The summed E-state index contributed by atoms with van der Waals surface area (Å²) < 4.78 is 5.76. The molecule has 3 heterocycles. The number of fused-ring (bicyclic) bond motifs is 1. The quantitative estimate of drug-likeness (QED) is 0.395. The van der Waals surface area contributed by atoms with Gasteiger partial charge in [-0.05, 0) is 49.7 Å². The minimum absolute atomic E-state index is 0.0230. The average Bonchev–Trinajstić information content (AvgIpc) is 3.41. The number of amides is 2. The van der Waals surface area contributed by atoms with Gasteiger partial charge in [0, 0.05) is 11.6 Å². The van der Waals surface area contributed by atoms with E-state index in [1.165, 1.54) is 4.90 Å². The second kappa shape index (κ2) is 9.52. The number of para-hydroxylation sites is 2. The van der Waals surface area contributed by atoms with Crippen LogP contribution >= 0.6 is 0 Å². The summed E-state index contributed by atoms with van der Waals surface area (Å²) in [5.41, 5.74) is 4.64. The molecule has 7 nitrogen and oxygen atoms in total. The number of carbonyl (C=O) groups is 2. The smallest absolute Gasteiger partial charge is 0.254 e. The molecule has 2 aliphatic rings. The Kier molecular flexibility index (Phi) is 6.28. The molecule has 0 radical (unpaired) electrons. The predicted molar refractivity (Wildman–Crippen MR) is 134 cm³/mol. The summed E-state index contributed by atoms with van der Waals surface area (Å²) in [5, 5.41) is 13.1. The molecule has 1 fully saturated rings. The first-order valence-electron chi connectivity index (χ1n) is 11.9. The van der Waals surface area contributed by atoms with Crippen molar-refractivity contribution < 1.29 is 19.1 Å². The summed E-state index contributed by atoms with van der Waals surface area (Å²) in [6.45, 7) is 3.90. The van der Waals surface area contributed by atoms with Crippen molar-refractivity contribution in [3.05, 3.63) is 96.5 Å². The average molecular weight is 472 g/mol. The van der Waals surface area contributed by atoms with Gasteiger partial charge in [0.25, 0.3) is 5.91 Å². The van der Waals surface area contributed by atoms with Crippen LogP contribution in [0.25, 0.3) is 0 Å². The first kappa shape index (κ1) is 23.1. The van der Waals surface area contributed by atoms with Gasteiger partial charge in [-0.1, -0.05) is 55.5 Å². The highest BCUT2D eigenvalue weighted by Crippen LogP contribution is 2.37. The Bertz CT molecular complexity index is 1220. The van der Waals surface area contributed by atoms with Crippen LogP contribution in [0.5, 0.6) is 0 Å². The molecule has 0 aliphatic carbocycles. The van der Waals surface area contributed by atoms with Crippen LogP contribution in [0.2, 0.25) is 0 Å². The maximum absolute atomic E-state index is 13.7. The Balaban J connectivity index is 1.46. The normalized spacial score (nSPS) is 23.9. The SMILES string of the molecule is Cc1ccc(C(C)CC(O)C2C=CC3C(=O)N(c4ccccc4)C(=O)C3N2Nc2ccccc2)o1. The largest absolute Gasteiger partial charge is 0.466 e. The van der Waals surface area contributed by atoms with E-state index in [1.54, 1.807) is 35.4 Å². The number of nitrogens with zero attached hydrogens (tertiary/aromatic N) is 2. The maximum atomic E-state index is 13.7. The zero-order valence-corrected chi connectivity index (χ0v) is 19.7. The molecule has 0 bridgehead atoms. The molecule has 0 saturated carbocycles. The summed E-state index contributed by atoms with van der Waals surface area (Å²) in [4.78, 5) is 28.2. The molecule has 5 atom stereocenters. The van der Waals surface area contributed by atoms with Gasteiger partial charge >= 0.3 is 0 Å². The van der Waals surface area contributed by atoms with Crippen molar-refractivity contribution in [2.45, 2.75) is 44.4 Å². The Morgan fingerprint density at radius 3 is 2.29 bits per heavy atom. The van der Waals surface area contributed by atoms with E-state index in [0.29, 0.717) is 12.1 Å². The van der Waals surface area contributed by atoms with Gasteiger partial charge in [0.15, 0.2) is 0 Å². The van der Waals surface area contributed by atoms with Gasteiger partial charge in [-0.3, -0.25) is 9.59 Å². The second-order valence-electron chi connectivity index (χ2n) is 9.23. The number of imide groups is 1. The molecular weight excluding hydrogens is 442 g/mol. The molecule has 1 saturated heterocycles. The van der Waals surface area contributed by atoms with Crippen molar-refractivity contribution in [3.63, 3.8) is 0 Å². The van der Waals surface area contributed by atoms with Crippen LogP contribution in [0, 0.1) is 12.8 Å². The fourth-order valence-electron chi connectivity index (χ4n) is 4.96. The third-order valence-corrected chi connectivity index (χ3v) is 6.74. The molecule has 0 spiro atoms. The van der Waals surface area contributed by atoms with Gasteiger partial charge < -0.3 is 14.9 Å². The number of carbonyl (C=O) groups excluding carboxylic acids is 2. The summed E-state index contributed by atoms with van der Waals surface area (Å²) in [6, 6.07) is 21.0. The Hall–Kier alpha value is -3.68. The van der Waals surface area contributed by atoms with E-state index in [2.05, 4.69) is 5.43 Å². The van der Waals surface area contributed by atoms with Crippen molar-refractivity contribution >= 4 is 23.2 Å². The van der Waals surface area contributed by atoms with E-state index in [4.69, 9.17) is 4.42 Å². The molecule has 5 rings (SSSR count). The van der Waals surface area contributed by atoms with E-state index < -0.39 is 24.1 Å². The van der Waals surface area contributed by atoms with Crippen LogP contribution in [0.4, 0.5) is 11.4 Å². The van der Waals surface area contributed by atoms with E-state index >= 15 is 0 Å². The number of nitrogens with one attached hydrogen (secondary N) is 1. The van der Waals surface area contributed by atoms with E-state index in [-0.39, 0.29) is 17.7 Å². The number of hydrazine groups is 1. The Morgan fingerprint density at radius 2 is 1.63 bits per heavy atom. The van der Waals surface area contributed by atoms with Crippen LogP contribution in [0.15, 0.2) is 89.4 Å². The molecule has 2 aromatic carbocycles. The highest BCUT2D eigenvalue weighted by molar-refractivity contribution is 6.24. The number of aliphatic hydroxyl groups is 1. The van der Waals surface area contributed by atoms with E-state index in [9.17, 15) is 14.7 Å². The van der Waals surface area contributed by atoms with Crippen molar-refractivity contribution in [3.8, 4) is 0 Å². The molecule has 180 valence electrons. The third-order valence-electron chi connectivity index (χ3n) is 6.74. The Morgan fingerprint density at radius 1 is 0.943 bits per heavy atom. The van der Waals surface area contributed by atoms with Gasteiger partial charge in [0.1, 0.15) is 17.6 Å². The lowest BCUT2D eigenvalue weighted by Gasteiger charge is -2.41. The standard InChI is InChI=1S/C28H29N3O4/c1-18(25-16-13-19(2)35-25)17-24(32)23-15-14-22-26(31(23)29-20-9-5-3-6-10-20)28(34)30(27(22)33)21-11-7-4-8-12-21/h3-16,18,22-24,26,29,32H,17H2,1-2H3. The van der Waals surface area contributed by atoms with Crippen LogP contribution in [0.1, 0.15) is 30.8 Å². The Labute approximate surface area is 204 Å². The van der Waals surface area contributed by atoms with Gasteiger partial charge in [-0.15, -0.1) is 0 Å². The first-order valence-corrected chi connectivity index (χ1v) is 11.9. The minimum atomic E-state index is -0.808. The number of aryl methyl sites for hydroxylation is 1. The first-order chi connectivity index (χ1) is 16.9. The molecule has 2 amide bonds. The monoisotopic (exact) mass is 471 g/mol. The van der Waals surface area contributed by atoms with Gasteiger partial charge in [-0.25, -0.2) is 9.91 Å². The van der Waals surface area contributed by atoms with Crippen LogP contribution in [-0.4, -0.2) is 40.1 Å². The summed E-state index contributed by atoms with van der Waals surface area (Å²) >= 11 is 0. The molecule has 35 heavy (non-hydrogen) atoms. The van der Waals surface area contributed by atoms with Crippen molar-refractivity contribution in [2.24, 2.45) is 5.92 Å². The highest BCUT2D eigenvalue weighted by atomic mass is 16.3. The van der Waals surface area contributed by atoms with Crippen molar-refractivity contribution in [2.75, 3.05) is 10.3 Å². The molecule has 7 heteroatoms. The van der Waals surface area contributed by atoms with E-state index in [1.807, 2.05) is 68.5 Å². The van der Waals surface area contributed by atoms with Gasteiger partial charge in [-0.2, -0.15) is 0 Å². The lowest BCUT2D eigenvalue weighted by Crippen LogP contribution is -2.57. The minimum Gasteiger partial charge on any atom is -0.466 e. The fraction of sp³-hybridized carbons (Fsp3) is 0.286. The number of hydrogen-bond donors (Lipinski definition) is 2. The summed E-state index contributed by atoms with van der Waals surface area (Å²) in [6.07, 6.45) is 3.22. The third kappa shape index (κ3) is 4.40. The molecular formula is C28H29N3O4. The van der Waals surface area contributed by atoms with Gasteiger partial charge in [0.05, 0.1) is 23.8 Å². The van der Waals surface area contributed by atoms with Crippen molar-refractivity contribution in [1.29, 1.82) is 0 Å². The predicted octanol–water partition coefficient (Wildman–Crippen LogP) is 4.27. The lowest BCUT2D eigenvalue weighted by atomic mass is 9.89. The molecule has 2 N–H and O–H groups in total. The number of benzene rings is 2. The van der Waals surface area contributed by atoms with Crippen LogP contribution in [0.3, 0.4) is 0 Å². The topological polar surface area (TPSA) is 86.0 Å². The molecule has 1 aromatic heterocycles. The fourth-order valence-corrected chi connectivity index (χ4v) is 4.96. The van der Waals surface area contributed by atoms with Crippen LogP contribution in [-0.2, 0) is 9.59 Å². The molecule has 5 unspecified atom stereocenters. The van der Waals surface area contributed by atoms with Crippen LogP contribution < -0.4 is 10.3 Å². The summed E-state index contributed by atoms with van der Waals surface area (Å²) in [7, 11) is 0. The number of anilines is 2. The molecule has 2 aliphatic heterocycles. The summed E-state index contributed by atoms with van der Waals surface area (Å²) in [5.74, 6) is 0.382. The van der Waals surface area contributed by atoms with E-state index in [0.717, 1.165) is 17.2 Å². The molecule has 3 aromatic rings. The number of hydrogen-bond acceptors (Lipinski definition) is 6. The van der Waals surface area contributed by atoms with Crippen molar-refractivity contribution in [1.82, 2.24) is 5.01 Å². The number of rotatable bonds is 7.